The number of ether oxygens (including phenoxy) is 2. The van der Waals surface area contributed by atoms with Crippen LogP contribution in [0.3, 0.4) is 0 Å². The number of likely N-dealkylation sites (N-methyl/N-ethyl adjacent to an activating group) is 1. The molecular weight excluding hydrogens is 340 g/mol. The second-order valence-corrected chi connectivity index (χ2v) is 6.95. The average molecular weight is 368 g/mol. The van der Waals surface area contributed by atoms with E-state index in [9.17, 15) is 4.79 Å². The van der Waals surface area contributed by atoms with Crippen molar-refractivity contribution in [1.29, 1.82) is 0 Å². The number of methoxy groups -OCH3 is 1. The van der Waals surface area contributed by atoms with E-state index >= 15 is 0 Å². The molecule has 0 fully saturated rings. The van der Waals surface area contributed by atoms with Crippen molar-refractivity contribution < 1.29 is 14.3 Å². The van der Waals surface area contributed by atoms with E-state index in [1.165, 1.54) is 11.1 Å². The molecule has 5 nitrogen and oxygen atoms in total. The number of rotatable bonds is 7. The van der Waals surface area contributed by atoms with Crippen LogP contribution in [0.2, 0.25) is 0 Å². The molecule has 0 spiro atoms. The smallest absolute Gasteiger partial charge is 0.259 e. The molecule has 0 atom stereocenters. The summed E-state index contributed by atoms with van der Waals surface area (Å²) in [4.78, 5) is 15.2. The van der Waals surface area contributed by atoms with Gasteiger partial charge in [0.05, 0.1) is 19.3 Å². The summed E-state index contributed by atoms with van der Waals surface area (Å²) < 4.78 is 11.1. The Hall–Kier alpha value is -2.53. The zero-order valence-electron chi connectivity index (χ0n) is 16.4. The number of benzene rings is 2. The molecule has 0 radical (unpaired) electrons. The van der Waals surface area contributed by atoms with Gasteiger partial charge in [0, 0.05) is 24.8 Å². The van der Waals surface area contributed by atoms with Gasteiger partial charge in [-0.05, 0) is 49.2 Å². The summed E-state index contributed by atoms with van der Waals surface area (Å²) in [6.07, 6.45) is 3.01. The first-order chi connectivity index (χ1) is 13.1. The van der Waals surface area contributed by atoms with Crippen LogP contribution < -0.4 is 14.8 Å². The van der Waals surface area contributed by atoms with Gasteiger partial charge in [0.2, 0.25) is 0 Å². The summed E-state index contributed by atoms with van der Waals surface area (Å²) in [6.45, 7) is 4.69. The minimum atomic E-state index is -0.167. The fourth-order valence-electron chi connectivity index (χ4n) is 3.34. The third-order valence-corrected chi connectivity index (χ3v) is 4.89. The number of hydrogen-bond donors (Lipinski definition) is 1. The second kappa shape index (κ2) is 8.91. The second-order valence-electron chi connectivity index (χ2n) is 6.95. The highest BCUT2D eigenvalue weighted by Gasteiger charge is 2.19. The highest BCUT2D eigenvalue weighted by atomic mass is 16.5. The molecule has 1 N–H and O–H groups in total. The Balaban J connectivity index is 1.77. The number of nitrogens with one attached hydrogen (secondary N) is 1. The van der Waals surface area contributed by atoms with E-state index < -0.39 is 0 Å². The van der Waals surface area contributed by atoms with Gasteiger partial charge in [-0.3, -0.25) is 4.79 Å². The number of hydrogen-bond acceptors (Lipinski definition) is 4. The van der Waals surface area contributed by atoms with Crippen molar-refractivity contribution in [3.63, 3.8) is 0 Å². The molecule has 0 bridgehead atoms. The Kier molecular flexibility index (Phi) is 6.35. The zero-order chi connectivity index (χ0) is 19.2. The summed E-state index contributed by atoms with van der Waals surface area (Å²) in [5.41, 5.74) is 3.89. The lowest BCUT2D eigenvalue weighted by Crippen LogP contribution is -2.27. The van der Waals surface area contributed by atoms with Gasteiger partial charge in [0.15, 0.2) is 0 Å². The van der Waals surface area contributed by atoms with Crippen LogP contribution >= 0.6 is 0 Å². The Morgan fingerprint density at radius 3 is 2.89 bits per heavy atom. The Labute approximate surface area is 161 Å². The molecule has 0 aliphatic carbocycles. The summed E-state index contributed by atoms with van der Waals surface area (Å²) in [5.74, 6) is 1.07. The van der Waals surface area contributed by atoms with Gasteiger partial charge in [-0.25, -0.2) is 0 Å². The van der Waals surface area contributed by atoms with E-state index in [2.05, 4.69) is 30.3 Å². The maximum atomic E-state index is 12.9. The highest BCUT2D eigenvalue weighted by Crippen LogP contribution is 2.29. The first kappa shape index (κ1) is 19.2. The number of fused-ring (bicyclic) bond motifs is 1. The number of carbonyl (C=O) groups excluding carboxylic acids is 1. The summed E-state index contributed by atoms with van der Waals surface area (Å²) in [6, 6.07) is 11.5. The van der Waals surface area contributed by atoms with Crippen molar-refractivity contribution in [2.24, 2.45) is 0 Å². The standard InChI is InChI=1S/C22H28N2O3/c1-4-5-13-27-17-9-10-19(21(14-17)26-3)22(25)23-20-8-6-7-16-15-24(2)12-11-18(16)20/h6-10,14H,4-5,11-13,15H2,1-3H3,(H,23,25). The van der Waals surface area contributed by atoms with Crippen LogP contribution in [0.5, 0.6) is 11.5 Å². The Bertz CT molecular complexity index is 804. The monoisotopic (exact) mass is 368 g/mol. The van der Waals surface area contributed by atoms with E-state index in [-0.39, 0.29) is 5.91 Å². The molecule has 2 aromatic rings. The predicted octanol–water partition coefficient (Wildman–Crippen LogP) is 4.11. The van der Waals surface area contributed by atoms with Gasteiger partial charge in [-0.15, -0.1) is 0 Å². The quantitative estimate of drug-likeness (QED) is 0.747. The van der Waals surface area contributed by atoms with Crippen LogP contribution in [0.15, 0.2) is 36.4 Å². The third-order valence-electron chi connectivity index (χ3n) is 4.89. The predicted molar refractivity (Wildman–Crippen MR) is 108 cm³/mol. The maximum Gasteiger partial charge on any atom is 0.259 e. The largest absolute Gasteiger partial charge is 0.496 e. The van der Waals surface area contributed by atoms with Crippen molar-refractivity contribution in [2.75, 3.05) is 32.6 Å². The highest BCUT2D eigenvalue weighted by molar-refractivity contribution is 6.06. The summed E-state index contributed by atoms with van der Waals surface area (Å²) in [5, 5.41) is 3.07. The number of nitrogens with zero attached hydrogens (tertiary/aromatic N) is 1. The van der Waals surface area contributed by atoms with Gasteiger partial charge < -0.3 is 19.7 Å². The lowest BCUT2D eigenvalue weighted by atomic mass is 9.98. The molecule has 1 aliphatic heterocycles. The first-order valence-electron chi connectivity index (χ1n) is 9.54. The molecule has 0 unspecified atom stereocenters. The zero-order valence-corrected chi connectivity index (χ0v) is 16.4. The molecular formula is C22H28N2O3. The molecule has 0 saturated carbocycles. The van der Waals surface area contributed by atoms with Gasteiger partial charge in [-0.2, -0.15) is 0 Å². The van der Waals surface area contributed by atoms with Crippen molar-refractivity contribution in [2.45, 2.75) is 32.7 Å². The van der Waals surface area contributed by atoms with Crippen LogP contribution in [-0.2, 0) is 13.0 Å². The third kappa shape index (κ3) is 4.61. The number of amides is 1. The number of carbonyl (C=O) groups is 1. The van der Waals surface area contributed by atoms with Gasteiger partial charge in [0.25, 0.3) is 5.91 Å². The average Bonchev–Trinajstić information content (AvgIpc) is 2.68. The molecule has 1 amide bonds. The molecule has 27 heavy (non-hydrogen) atoms. The van der Waals surface area contributed by atoms with Crippen LogP contribution in [-0.4, -0.2) is 38.1 Å². The van der Waals surface area contributed by atoms with E-state index in [1.807, 2.05) is 18.2 Å². The lowest BCUT2D eigenvalue weighted by Gasteiger charge is -2.26. The Morgan fingerprint density at radius 1 is 1.26 bits per heavy atom. The van der Waals surface area contributed by atoms with Crippen LogP contribution in [0.1, 0.15) is 41.3 Å². The van der Waals surface area contributed by atoms with E-state index in [1.54, 1.807) is 19.2 Å². The van der Waals surface area contributed by atoms with E-state index in [4.69, 9.17) is 9.47 Å². The van der Waals surface area contributed by atoms with Crippen molar-refractivity contribution in [3.05, 3.63) is 53.1 Å². The molecule has 1 aliphatic rings. The van der Waals surface area contributed by atoms with Crippen molar-refractivity contribution in [3.8, 4) is 11.5 Å². The van der Waals surface area contributed by atoms with Crippen LogP contribution in [0.4, 0.5) is 5.69 Å². The fourth-order valence-corrected chi connectivity index (χ4v) is 3.34. The molecule has 2 aromatic carbocycles. The lowest BCUT2D eigenvalue weighted by molar-refractivity contribution is 0.102. The number of unbranched alkanes of at least 4 members (excludes halogenated alkanes) is 1. The molecule has 144 valence electrons. The molecule has 1 heterocycles. The molecule has 0 aromatic heterocycles. The van der Waals surface area contributed by atoms with Crippen molar-refractivity contribution in [1.82, 2.24) is 4.90 Å². The van der Waals surface area contributed by atoms with Gasteiger partial charge >= 0.3 is 0 Å². The topological polar surface area (TPSA) is 50.8 Å². The van der Waals surface area contributed by atoms with Crippen LogP contribution in [0, 0.1) is 0 Å². The molecule has 5 heteroatoms. The van der Waals surface area contributed by atoms with E-state index in [0.29, 0.717) is 17.9 Å². The SMILES string of the molecule is CCCCOc1ccc(C(=O)Nc2cccc3c2CCN(C)C3)c(OC)c1. The number of anilines is 1. The van der Waals surface area contributed by atoms with E-state index in [0.717, 1.165) is 43.8 Å². The van der Waals surface area contributed by atoms with Gasteiger partial charge in [0.1, 0.15) is 11.5 Å². The fraction of sp³-hybridized carbons (Fsp3) is 0.409. The minimum Gasteiger partial charge on any atom is -0.496 e. The molecule has 0 saturated heterocycles. The Morgan fingerprint density at radius 2 is 2.11 bits per heavy atom. The summed E-state index contributed by atoms with van der Waals surface area (Å²) in [7, 11) is 3.69. The van der Waals surface area contributed by atoms with Crippen LogP contribution in [0.25, 0.3) is 0 Å². The van der Waals surface area contributed by atoms with Gasteiger partial charge in [-0.1, -0.05) is 25.5 Å². The molecule has 3 rings (SSSR count). The maximum absolute atomic E-state index is 12.9. The summed E-state index contributed by atoms with van der Waals surface area (Å²) >= 11 is 0. The first-order valence-corrected chi connectivity index (χ1v) is 9.54. The van der Waals surface area contributed by atoms with Crippen molar-refractivity contribution >= 4 is 11.6 Å². The minimum absolute atomic E-state index is 0.167. The normalized spacial score (nSPS) is 13.7.